The van der Waals surface area contributed by atoms with Crippen molar-refractivity contribution in [3.8, 4) is 5.75 Å². The highest BCUT2D eigenvalue weighted by atomic mass is 35.5. The Hall–Kier alpha value is -2.09. The van der Waals surface area contributed by atoms with Crippen molar-refractivity contribution in [2.75, 3.05) is 12.4 Å². The number of amides is 1. The van der Waals surface area contributed by atoms with E-state index >= 15 is 0 Å². The normalized spacial score (nSPS) is 11.4. The van der Waals surface area contributed by atoms with Crippen molar-refractivity contribution >= 4 is 33.2 Å². The fraction of sp³-hybridized carbons (Fsp3) is 0.235. The third-order valence-corrected chi connectivity index (χ3v) is 5.10. The number of carbonyl (C=O) groups excluding carboxylic acids is 1. The second-order valence-corrected chi connectivity index (χ2v) is 7.75. The summed E-state index contributed by atoms with van der Waals surface area (Å²) in [6.07, 6.45) is 0. The monoisotopic (exact) mass is 382 g/mol. The van der Waals surface area contributed by atoms with Gasteiger partial charge in [-0.25, -0.2) is 13.1 Å². The number of sulfonamides is 1. The largest absolute Gasteiger partial charge is 0.495 e. The minimum atomic E-state index is -3.69. The van der Waals surface area contributed by atoms with Gasteiger partial charge >= 0.3 is 0 Å². The summed E-state index contributed by atoms with van der Waals surface area (Å²) in [7, 11) is -2.26. The van der Waals surface area contributed by atoms with Gasteiger partial charge in [-0.05, 0) is 50.2 Å². The maximum Gasteiger partial charge on any atom is 0.255 e. The summed E-state index contributed by atoms with van der Waals surface area (Å²) in [4.78, 5) is 12.4. The quantitative estimate of drug-likeness (QED) is 0.802. The summed E-state index contributed by atoms with van der Waals surface area (Å²) in [6.45, 7) is 3.45. The molecule has 0 saturated heterocycles. The molecule has 2 aromatic carbocycles. The first-order valence-electron chi connectivity index (χ1n) is 7.50. The summed E-state index contributed by atoms with van der Waals surface area (Å²) in [5.41, 5.74) is 0.599. The SMILES string of the molecule is COc1ccc(S(=O)(=O)NC(C)C)cc1NC(=O)c1cccc(Cl)c1. The van der Waals surface area contributed by atoms with Crippen molar-refractivity contribution in [1.82, 2.24) is 4.72 Å². The van der Waals surface area contributed by atoms with E-state index < -0.39 is 15.9 Å². The average Bonchev–Trinajstić information content (AvgIpc) is 2.53. The van der Waals surface area contributed by atoms with Crippen LogP contribution in [0.15, 0.2) is 47.4 Å². The molecular formula is C17H19ClN2O4S. The molecule has 0 fully saturated rings. The third kappa shape index (κ3) is 4.94. The lowest BCUT2D eigenvalue weighted by molar-refractivity contribution is 0.102. The van der Waals surface area contributed by atoms with Crippen LogP contribution in [0.5, 0.6) is 5.75 Å². The molecule has 0 heterocycles. The Balaban J connectivity index is 2.36. The van der Waals surface area contributed by atoms with E-state index in [9.17, 15) is 13.2 Å². The second-order valence-electron chi connectivity index (χ2n) is 5.60. The zero-order valence-electron chi connectivity index (χ0n) is 14.0. The van der Waals surface area contributed by atoms with E-state index in [-0.39, 0.29) is 16.6 Å². The second kappa shape index (κ2) is 7.86. The number of nitrogens with one attached hydrogen (secondary N) is 2. The number of carbonyl (C=O) groups is 1. The molecule has 0 unspecified atom stereocenters. The minimum Gasteiger partial charge on any atom is -0.495 e. The topological polar surface area (TPSA) is 84.5 Å². The Morgan fingerprint density at radius 3 is 2.48 bits per heavy atom. The van der Waals surface area contributed by atoms with Gasteiger partial charge in [-0.2, -0.15) is 0 Å². The zero-order valence-corrected chi connectivity index (χ0v) is 15.6. The van der Waals surface area contributed by atoms with E-state index in [4.69, 9.17) is 16.3 Å². The molecule has 0 atom stereocenters. The highest BCUT2D eigenvalue weighted by molar-refractivity contribution is 7.89. The highest BCUT2D eigenvalue weighted by Crippen LogP contribution is 2.28. The van der Waals surface area contributed by atoms with Crippen LogP contribution in [0.3, 0.4) is 0 Å². The highest BCUT2D eigenvalue weighted by Gasteiger charge is 2.19. The van der Waals surface area contributed by atoms with Gasteiger partial charge in [0.1, 0.15) is 5.75 Å². The van der Waals surface area contributed by atoms with Gasteiger partial charge in [0.2, 0.25) is 10.0 Å². The lowest BCUT2D eigenvalue weighted by Crippen LogP contribution is -2.30. The number of benzene rings is 2. The summed E-state index contributed by atoms with van der Waals surface area (Å²) in [5, 5.41) is 3.08. The molecule has 0 radical (unpaired) electrons. The first-order valence-corrected chi connectivity index (χ1v) is 9.36. The van der Waals surface area contributed by atoms with Gasteiger partial charge in [-0.15, -0.1) is 0 Å². The minimum absolute atomic E-state index is 0.0309. The van der Waals surface area contributed by atoms with Crippen LogP contribution >= 0.6 is 11.6 Å². The van der Waals surface area contributed by atoms with E-state index in [1.165, 1.54) is 31.4 Å². The van der Waals surface area contributed by atoms with Crippen LogP contribution in [0.2, 0.25) is 5.02 Å². The Morgan fingerprint density at radius 2 is 1.88 bits per heavy atom. The van der Waals surface area contributed by atoms with E-state index in [2.05, 4.69) is 10.0 Å². The molecule has 0 aliphatic carbocycles. The number of halogens is 1. The van der Waals surface area contributed by atoms with Crippen LogP contribution in [0.4, 0.5) is 5.69 Å². The number of hydrogen-bond acceptors (Lipinski definition) is 4. The first kappa shape index (κ1) is 19.2. The Morgan fingerprint density at radius 1 is 1.16 bits per heavy atom. The van der Waals surface area contributed by atoms with Gasteiger partial charge < -0.3 is 10.1 Å². The summed E-state index contributed by atoms with van der Waals surface area (Å²) < 4.78 is 32.3. The fourth-order valence-corrected chi connectivity index (χ4v) is 3.62. The molecule has 6 nitrogen and oxygen atoms in total. The van der Waals surface area contributed by atoms with E-state index in [0.29, 0.717) is 16.3 Å². The number of ether oxygens (including phenoxy) is 1. The predicted molar refractivity (Wildman–Crippen MR) is 97.9 cm³/mol. The number of rotatable bonds is 6. The van der Waals surface area contributed by atoms with Gasteiger partial charge in [0, 0.05) is 16.6 Å². The standard InChI is InChI=1S/C17H19ClN2O4S/c1-11(2)20-25(22,23)14-7-8-16(24-3)15(10-14)19-17(21)12-5-4-6-13(18)9-12/h4-11,20H,1-3H3,(H,19,21). The maximum absolute atomic E-state index is 12.4. The van der Waals surface area contributed by atoms with Crippen molar-refractivity contribution in [3.05, 3.63) is 53.1 Å². The van der Waals surface area contributed by atoms with E-state index in [1.54, 1.807) is 32.0 Å². The van der Waals surface area contributed by atoms with Crippen molar-refractivity contribution in [2.45, 2.75) is 24.8 Å². The van der Waals surface area contributed by atoms with Gasteiger partial charge in [0.15, 0.2) is 0 Å². The van der Waals surface area contributed by atoms with Crippen molar-refractivity contribution in [2.24, 2.45) is 0 Å². The van der Waals surface area contributed by atoms with Crippen LogP contribution in [0.25, 0.3) is 0 Å². The smallest absolute Gasteiger partial charge is 0.255 e. The van der Waals surface area contributed by atoms with Crippen LogP contribution in [-0.2, 0) is 10.0 Å². The number of hydrogen-bond donors (Lipinski definition) is 2. The zero-order chi connectivity index (χ0) is 18.6. The Bertz CT molecular complexity index is 882. The number of methoxy groups -OCH3 is 1. The van der Waals surface area contributed by atoms with Gasteiger partial charge in [-0.1, -0.05) is 17.7 Å². The molecular weight excluding hydrogens is 364 g/mol. The van der Waals surface area contributed by atoms with Crippen molar-refractivity contribution < 1.29 is 17.9 Å². The molecule has 0 saturated carbocycles. The van der Waals surface area contributed by atoms with Crippen molar-refractivity contribution in [1.29, 1.82) is 0 Å². The van der Waals surface area contributed by atoms with Gasteiger partial charge in [0.25, 0.3) is 5.91 Å². The number of anilines is 1. The molecule has 0 aliphatic heterocycles. The lowest BCUT2D eigenvalue weighted by atomic mass is 10.2. The predicted octanol–water partition coefficient (Wildman–Crippen LogP) is 3.29. The van der Waals surface area contributed by atoms with Crippen LogP contribution < -0.4 is 14.8 Å². The van der Waals surface area contributed by atoms with Gasteiger partial charge in [-0.3, -0.25) is 4.79 Å². The third-order valence-electron chi connectivity index (χ3n) is 3.21. The Kier molecular flexibility index (Phi) is 6.05. The molecule has 0 aromatic heterocycles. The van der Waals surface area contributed by atoms with E-state index in [0.717, 1.165) is 0 Å². The van der Waals surface area contributed by atoms with Crippen LogP contribution in [0.1, 0.15) is 24.2 Å². The van der Waals surface area contributed by atoms with Crippen LogP contribution in [-0.4, -0.2) is 27.5 Å². The Labute approximate surface area is 152 Å². The molecule has 25 heavy (non-hydrogen) atoms. The molecule has 0 bridgehead atoms. The molecule has 134 valence electrons. The maximum atomic E-state index is 12.4. The average molecular weight is 383 g/mol. The molecule has 2 N–H and O–H groups in total. The fourth-order valence-electron chi connectivity index (χ4n) is 2.15. The summed E-state index contributed by atoms with van der Waals surface area (Å²) in [6, 6.07) is 10.4. The van der Waals surface area contributed by atoms with Crippen molar-refractivity contribution in [3.63, 3.8) is 0 Å². The van der Waals surface area contributed by atoms with E-state index in [1.807, 2.05) is 0 Å². The van der Waals surface area contributed by atoms with Gasteiger partial charge in [0.05, 0.1) is 17.7 Å². The molecule has 2 rings (SSSR count). The molecule has 8 heteroatoms. The molecule has 0 spiro atoms. The molecule has 0 aliphatic rings. The summed E-state index contributed by atoms with van der Waals surface area (Å²) in [5.74, 6) is -0.0777. The molecule has 2 aromatic rings. The lowest BCUT2D eigenvalue weighted by Gasteiger charge is -2.14. The first-order chi connectivity index (χ1) is 11.7. The molecule has 1 amide bonds. The summed E-state index contributed by atoms with van der Waals surface area (Å²) >= 11 is 5.89. The van der Waals surface area contributed by atoms with Crippen LogP contribution in [0, 0.1) is 0 Å².